The lowest BCUT2D eigenvalue weighted by Gasteiger charge is -2.30. The van der Waals surface area contributed by atoms with Gasteiger partial charge in [-0.25, -0.2) is 0 Å². The first-order chi connectivity index (χ1) is 14.2. The van der Waals surface area contributed by atoms with Crippen molar-refractivity contribution >= 4 is 34.8 Å². The second-order valence-corrected chi connectivity index (χ2v) is 7.85. The minimum atomic E-state index is 0. The lowest BCUT2D eigenvalue weighted by atomic mass is 10.0. The Labute approximate surface area is 184 Å². The number of carbonyl (C=O) groups is 1. The summed E-state index contributed by atoms with van der Waals surface area (Å²) in [5, 5.41) is 2.32. The summed E-state index contributed by atoms with van der Waals surface area (Å²) in [5.41, 5.74) is 8.60. The fraction of sp³-hybridized carbons (Fsp3) is 0.320. The Kier molecular flexibility index (Phi) is 7.22. The van der Waals surface area contributed by atoms with Gasteiger partial charge in [-0.2, -0.15) is 0 Å². The number of amides is 1. The van der Waals surface area contributed by atoms with E-state index in [9.17, 15) is 4.79 Å². The maximum atomic E-state index is 13.4. The molecule has 1 fully saturated rings. The summed E-state index contributed by atoms with van der Waals surface area (Å²) in [6.45, 7) is 0.572. The Hall–Kier alpha value is -2.72. The third-order valence-corrected chi connectivity index (χ3v) is 5.97. The highest BCUT2D eigenvalue weighted by Crippen LogP contribution is 2.32. The molecule has 0 spiro atoms. The molecule has 1 amide bonds. The Bertz CT molecular complexity index is 998. The second-order valence-electron chi connectivity index (χ2n) is 7.85. The quantitative estimate of drug-likeness (QED) is 0.541. The van der Waals surface area contributed by atoms with Crippen molar-refractivity contribution in [2.24, 2.45) is 0 Å². The van der Waals surface area contributed by atoms with E-state index >= 15 is 0 Å². The molecule has 0 heterocycles. The molecule has 1 aliphatic carbocycles. The smallest absolute Gasteiger partial charge is 0.227 e. The van der Waals surface area contributed by atoms with Crippen LogP contribution in [0.2, 0.25) is 0 Å². The molecule has 0 atom stereocenters. The molecule has 0 bridgehead atoms. The number of hydrogen-bond donors (Lipinski definition) is 1. The van der Waals surface area contributed by atoms with Gasteiger partial charge in [-0.1, -0.05) is 55.3 Å². The molecule has 3 aromatic rings. The van der Waals surface area contributed by atoms with Crippen molar-refractivity contribution in [3.63, 3.8) is 0 Å². The number of anilines is 1. The molecule has 0 aromatic heterocycles. The van der Waals surface area contributed by atoms with Crippen LogP contribution in [0, 0.1) is 0 Å². The van der Waals surface area contributed by atoms with Crippen molar-refractivity contribution in [1.29, 1.82) is 0 Å². The first kappa shape index (κ1) is 22.0. The molecule has 0 unspecified atom stereocenters. The van der Waals surface area contributed by atoms with Gasteiger partial charge in [0, 0.05) is 17.3 Å². The number of benzene rings is 3. The lowest BCUT2D eigenvalue weighted by molar-refractivity contribution is -0.133. The Morgan fingerprint density at radius 1 is 1.03 bits per heavy atom. The summed E-state index contributed by atoms with van der Waals surface area (Å²) in [5.74, 6) is 1.00. The Balaban J connectivity index is 0.00000256. The number of methoxy groups -OCH3 is 1. The van der Waals surface area contributed by atoms with Crippen LogP contribution in [0.15, 0.2) is 60.7 Å². The number of nitrogen functional groups attached to an aromatic ring is 1. The van der Waals surface area contributed by atoms with Crippen LogP contribution in [0.4, 0.5) is 5.69 Å². The zero-order chi connectivity index (χ0) is 20.2. The summed E-state index contributed by atoms with van der Waals surface area (Å²) in [6, 6.07) is 20.3. The fourth-order valence-electron chi connectivity index (χ4n) is 4.39. The van der Waals surface area contributed by atoms with E-state index in [4.69, 9.17) is 10.5 Å². The van der Waals surface area contributed by atoms with Crippen LogP contribution in [0.1, 0.15) is 36.8 Å². The van der Waals surface area contributed by atoms with Crippen LogP contribution >= 0.6 is 12.4 Å². The predicted molar refractivity (Wildman–Crippen MR) is 125 cm³/mol. The maximum Gasteiger partial charge on any atom is 0.227 e. The molecule has 158 valence electrons. The standard InChI is InChI=1S/C25H28N2O2.ClH/c1-29-24-15-12-19-6-2-5-9-22(19)23(24)17-27(21-7-3-4-8-21)25(28)16-18-10-13-20(26)14-11-18;/h2,5-6,9-15,21H,3-4,7-8,16-17,26H2,1H3;1H. The number of nitrogens with zero attached hydrogens (tertiary/aromatic N) is 1. The van der Waals surface area contributed by atoms with Gasteiger partial charge < -0.3 is 15.4 Å². The average molecular weight is 425 g/mol. The van der Waals surface area contributed by atoms with Gasteiger partial charge >= 0.3 is 0 Å². The average Bonchev–Trinajstić information content (AvgIpc) is 3.27. The van der Waals surface area contributed by atoms with E-state index in [1.165, 1.54) is 18.2 Å². The van der Waals surface area contributed by atoms with Gasteiger partial charge in [0.25, 0.3) is 0 Å². The van der Waals surface area contributed by atoms with Crippen LogP contribution in [-0.4, -0.2) is 24.0 Å². The summed E-state index contributed by atoms with van der Waals surface area (Å²) in [6.07, 6.45) is 4.90. The fourth-order valence-corrected chi connectivity index (χ4v) is 4.39. The van der Waals surface area contributed by atoms with Gasteiger partial charge in [-0.15, -0.1) is 12.4 Å². The Morgan fingerprint density at radius 3 is 2.43 bits per heavy atom. The summed E-state index contributed by atoms with van der Waals surface area (Å²) < 4.78 is 5.68. The SMILES string of the molecule is COc1ccc2ccccc2c1CN(C(=O)Cc1ccc(N)cc1)C1CCCC1.Cl. The maximum absolute atomic E-state index is 13.4. The van der Waals surface area contributed by atoms with Gasteiger partial charge in [0.05, 0.1) is 20.1 Å². The number of halogens is 1. The first-order valence-corrected chi connectivity index (χ1v) is 10.3. The largest absolute Gasteiger partial charge is 0.496 e. The van der Waals surface area contributed by atoms with E-state index in [1.807, 2.05) is 42.5 Å². The predicted octanol–water partition coefficient (Wildman–Crippen LogP) is 5.37. The number of ether oxygens (including phenoxy) is 1. The first-order valence-electron chi connectivity index (χ1n) is 10.3. The third-order valence-electron chi connectivity index (χ3n) is 5.97. The lowest BCUT2D eigenvalue weighted by Crippen LogP contribution is -2.39. The van der Waals surface area contributed by atoms with E-state index in [1.54, 1.807) is 7.11 Å². The summed E-state index contributed by atoms with van der Waals surface area (Å²) in [7, 11) is 1.70. The van der Waals surface area contributed by atoms with Crippen LogP contribution in [0.3, 0.4) is 0 Å². The van der Waals surface area contributed by atoms with Crippen LogP contribution < -0.4 is 10.5 Å². The van der Waals surface area contributed by atoms with Gasteiger partial charge in [0.2, 0.25) is 5.91 Å². The van der Waals surface area contributed by atoms with Gasteiger partial charge in [0.15, 0.2) is 0 Å². The van der Waals surface area contributed by atoms with Crippen molar-refractivity contribution in [3.8, 4) is 5.75 Å². The molecule has 0 saturated heterocycles. The van der Waals surface area contributed by atoms with Crippen molar-refractivity contribution < 1.29 is 9.53 Å². The van der Waals surface area contributed by atoms with Crippen molar-refractivity contribution in [1.82, 2.24) is 4.90 Å². The minimum Gasteiger partial charge on any atom is -0.496 e. The number of rotatable bonds is 6. The molecule has 3 aromatic carbocycles. The highest BCUT2D eigenvalue weighted by Gasteiger charge is 2.28. The molecule has 4 rings (SSSR count). The number of hydrogen-bond acceptors (Lipinski definition) is 3. The molecule has 4 nitrogen and oxygen atoms in total. The number of fused-ring (bicyclic) bond motifs is 1. The third kappa shape index (κ3) is 4.71. The van der Waals surface area contributed by atoms with Gasteiger partial charge in [0.1, 0.15) is 5.75 Å². The molecule has 0 aliphatic heterocycles. The van der Waals surface area contributed by atoms with Crippen molar-refractivity contribution in [2.45, 2.75) is 44.7 Å². The highest BCUT2D eigenvalue weighted by molar-refractivity contribution is 5.88. The Morgan fingerprint density at radius 2 is 1.73 bits per heavy atom. The van der Waals surface area contributed by atoms with Crippen LogP contribution in [-0.2, 0) is 17.8 Å². The van der Waals surface area contributed by atoms with E-state index in [0.29, 0.717) is 24.7 Å². The molecule has 1 aliphatic rings. The van der Waals surface area contributed by atoms with Crippen LogP contribution in [0.25, 0.3) is 10.8 Å². The second kappa shape index (κ2) is 9.86. The van der Waals surface area contributed by atoms with E-state index < -0.39 is 0 Å². The molecular formula is C25H29ClN2O2. The van der Waals surface area contributed by atoms with Crippen LogP contribution in [0.5, 0.6) is 5.75 Å². The molecule has 1 saturated carbocycles. The highest BCUT2D eigenvalue weighted by atomic mass is 35.5. The van der Waals surface area contributed by atoms with Crippen molar-refractivity contribution in [2.75, 3.05) is 12.8 Å². The molecule has 5 heteroatoms. The molecular weight excluding hydrogens is 396 g/mol. The van der Waals surface area contributed by atoms with E-state index in [2.05, 4.69) is 23.1 Å². The van der Waals surface area contributed by atoms with E-state index in [0.717, 1.165) is 35.1 Å². The molecule has 0 radical (unpaired) electrons. The molecule has 2 N–H and O–H groups in total. The zero-order valence-electron chi connectivity index (χ0n) is 17.3. The number of carbonyl (C=O) groups excluding carboxylic acids is 1. The van der Waals surface area contributed by atoms with Gasteiger partial charge in [-0.05, 0) is 47.4 Å². The summed E-state index contributed by atoms with van der Waals surface area (Å²) >= 11 is 0. The topological polar surface area (TPSA) is 55.6 Å². The van der Waals surface area contributed by atoms with E-state index in [-0.39, 0.29) is 18.3 Å². The monoisotopic (exact) mass is 424 g/mol. The number of nitrogens with two attached hydrogens (primary N) is 1. The molecule has 30 heavy (non-hydrogen) atoms. The zero-order valence-corrected chi connectivity index (χ0v) is 18.2. The minimum absolute atomic E-state index is 0. The summed E-state index contributed by atoms with van der Waals surface area (Å²) in [4.78, 5) is 15.5. The normalized spacial score (nSPS) is 13.8. The van der Waals surface area contributed by atoms with Gasteiger partial charge in [-0.3, -0.25) is 4.79 Å². The van der Waals surface area contributed by atoms with Crippen molar-refractivity contribution in [3.05, 3.63) is 71.8 Å².